The zero-order chi connectivity index (χ0) is 10.6. The molecule has 0 aromatic carbocycles. The monoisotopic (exact) mass is 216 g/mol. The van der Waals surface area contributed by atoms with Gasteiger partial charge in [0.05, 0.1) is 6.54 Å². The Hall–Kier alpha value is -0.350. The lowest BCUT2D eigenvalue weighted by molar-refractivity contribution is -0.914. The molecule has 1 fully saturated rings. The summed E-state index contributed by atoms with van der Waals surface area (Å²) < 4.78 is 0. The number of hydrogen-bond acceptors (Lipinski definition) is 1. The number of hydrogen-bond donors (Lipinski definition) is 2. The Morgan fingerprint density at radius 3 is 2.86 bits per heavy atom. The highest BCUT2D eigenvalue weighted by Gasteiger charge is 2.22. The fraction of sp³-hybridized carbons (Fsp3) is 0.900. The molecule has 1 aliphatic heterocycles. The fourth-order valence-corrected chi connectivity index (χ4v) is 2.03. The molecule has 14 heavy (non-hydrogen) atoms. The predicted octanol–water partition coefficient (Wildman–Crippen LogP) is 0.0424. The van der Waals surface area contributed by atoms with Crippen LogP contribution < -0.4 is 10.2 Å². The Kier molecular flexibility index (Phi) is 4.62. The van der Waals surface area contributed by atoms with Crippen LogP contribution >= 0.6 is 12.2 Å². The second-order valence-electron chi connectivity index (χ2n) is 4.43. The molecule has 1 atom stereocenters. The van der Waals surface area contributed by atoms with E-state index < -0.39 is 0 Å². The average Bonchev–Trinajstić information content (AvgIpc) is 2.10. The molecule has 1 heterocycles. The van der Waals surface area contributed by atoms with E-state index in [0.717, 1.165) is 25.0 Å². The molecule has 1 aliphatic rings. The lowest BCUT2D eigenvalue weighted by atomic mass is 10.2. The van der Waals surface area contributed by atoms with Crippen molar-refractivity contribution < 1.29 is 4.90 Å². The molecular formula is C10H22N3S+. The minimum Gasteiger partial charge on any atom is -0.316 e. The van der Waals surface area contributed by atoms with Crippen LogP contribution in [-0.4, -0.2) is 36.4 Å². The van der Waals surface area contributed by atoms with Gasteiger partial charge in [-0.1, -0.05) is 20.8 Å². The van der Waals surface area contributed by atoms with Crippen LogP contribution in [0, 0.1) is 5.92 Å². The third-order valence-electron chi connectivity index (χ3n) is 2.38. The number of thiocarbonyl (C=S) groups is 1. The lowest BCUT2D eigenvalue weighted by Crippen LogP contribution is -3.17. The summed E-state index contributed by atoms with van der Waals surface area (Å²) in [5, 5.41) is 4.22. The first kappa shape index (κ1) is 11.7. The second kappa shape index (κ2) is 5.51. The summed E-state index contributed by atoms with van der Waals surface area (Å²) in [4.78, 5) is 3.87. The van der Waals surface area contributed by atoms with Crippen LogP contribution in [0.25, 0.3) is 0 Å². The first-order chi connectivity index (χ1) is 6.63. The first-order valence-electron chi connectivity index (χ1n) is 5.49. The van der Waals surface area contributed by atoms with Gasteiger partial charge < -0.3 is 15.1 Å². The van der Waals surface area contributed by atoms with Gasteiger partial charge in [-0.05, 0) is 24.6 Å². The van der Waals surface area contributed by atoms with Gasteiger partial charge in [-0.25, -0.2) is 0 Å². The van der Waals surface area contributed by atoms with Gasteiger partial charge in [-0.2, -0.15) is 0 Å². The van der Waals surface area contributed by atoms with E-state index in [-0.39, 0.29) is 0 Å². The largest absolute Gasteiger partial charge is 0.316 e. The smallest absolute Gasteiger partial charge is 0.177 e. The zero-order valence-corrected chi connectivity index (χ0v) is 10.3. The molecule has 1 saturated heterocycles. The molecule has 0 aromatic rings. The summed E-state index contributed by atoms with van der Waals surface area (Å²) >= 11 is 5.28. The maximum absolute atomic E-state index is 5.28. The Labute approximate surface area is 92.4 Å². The Bertz CT molecular complexity index is 194. The van der Waals surface area contributed by atoms with Crippen molar-refractivity contribution in [3.63, 3.8) is 0 Å². The van der Waals surface area contributed by atoms with E-state index >= 15 is 0 Å². The lowest BCUT2D eigenvalue weighted by Gasteiger charge is -2.36. The standard InChI is InChI=1S/C10H21N3S/c1-4-5-12-7-11-10(14)13(8-12)6-9(2)3/h9H,4-8H2,1-3H3,(H,11,14)/p+1. The predicted molar refractivity (Wildman–Crippen MR) is 63.1 cm³/mol. The third-order valence-corrected chi connectivity index (χ3v) is 2.78. The van der Waals surface area contributed by atoms with Gasteiger partial charge in [0.25, 0.3) is 0 Å². The zero-order valence-electron chi connectivity index (χ0n) is 9.47. The van der Waals surface area contributed by atoms with Gasteiger partial charge in [0, 0.05) is 6.54 Å². The molecule has 1 rings (SSSR count). The number of nitrogens with zero attached hydrogens (tertiary/aromatic N) is 1. The van der Waals surface area contributed by atoms with Crippen molar-refractivity contribution in [1.82, 2.24) is 10.2 Å². The van der Waals surface area contributed by atoms with Gasteiger partial charge in [-0.15, -0.1) is 0 Å². The van der Waals surface area contributed by atoms with Crippen molar-refractivity contribution in [1.29, 1.82) is 0 Å². The van der Waals surface area contributed by atoms with E-state index in [2.05, 4.69) is 31.0 Å². The van der Waals surface area contributed by atoms with Crippen molar-refractivity contribution in [3.05, 3.63) is 0 Å². The van der Waals surface area contributed by atoms with Crippen molar-refractivity contribution >= 4 is 17.3 Å². The van der Waals surface area contributed by atoms with E-state index in [9.17, 15) is 0 Å². The number of nitrogens with one attached hydrogen (secondary N) is 2. The van der Waals surface area contributed by atoms with Crippen LogP contribution in [0.15, 0.2) is 0 Å². The van der Waals surface area contributed by atoms with Gasteiger partial charge in [0.15, 0.2) is 18.4 Å². The maximum Gasteiger partial charge on any atom is 0.177 e. The molecule has 3 nitrogen and oxygen atoms in total. The summed E-state index contributed by atoms with van der Waals surface area (Å²) in [5.41, 5.74) is 0. The first-order valence-corrected chi connectivity index (χ1v) is 5.90. The van der Waals surface area contributed by atoms with Crippen molar-refractivity contribution in [3.8, 4) is 0 Å². The highest BCUT2D eigenvalue weighted by molar-refractivity contribution is 7.80. The van der Waals surface area contributed by atoms with Crippen LogP contribution in [-0.2, 0) is 0 Å². The number of rotatable bonds is 4. The van der Waals surface area contributed by atoms with Gasteiger partial charge in [0.2, 0.25) is 0 Å². The number of quaternary nitrogens is 1. The van der Waals surface area contributed by atoms with Crippen molar-refractivity contribution in [2.45, 2.75) is 27.2 Å². The Morgan fingerprint density at radius 2 is 2.29 bits per heavy atom. The van der Waals surface area contributed by atoms with Gasteiger partial charge >= 0.3 is 0 Å². The van der Waals surface area contributed by atoms with E-state index in [1.54, 1.807) is 4.90 Å². The van der Waals surface area contributed by atoms with E-state index in [1.165, 1.54) is 13.0 Å². The van der Waals surface area contributed by atoms with E-state index in [0.29, 0.717) is 5.92 Å². The molecule has 2 N–H and O–H groups in total. The second-order valence-corrected chi connectivity index (χ2v) is 4.82. The van der Waals surface area contributed by atoms with Crippen LogP contribution in [0.5, 0.6) is 0 Å². The molecule has 0 amide bonds. The highest BCUT2D eigenvalue weighted by Crippen LogP contribution is 1.98. The van der Waals surface area contributed by atoms with E-state index in [1.807, 2.05) is 0 Å². The highest BCUT2D eigenvalue weighted by atomic mass is 32.1. The molecule has 4 heteroatoms. The van der Waals surface area contributed by atoms with Crippen LogP contribution in [0.3, 0.4) is 0 Å². The van der Waals surface area contributed by atoms with Gasteiger partial charge in [0.1, 0.15) is 0 Å². The summed E-state index contributed by atoms with van der Waals surface area (Å²) in [7, 11) is 0. The van der Waals surface area contributed by atoms with Crippen molar-refractivity contribution in [2.24, 2.45) is 5.92 Å². The normalized spacial score (nSPS) is 22.7. The molecular weight excluding hydrogens is 194 g/mol. The molecule has 0 aliphatic carbocycles. The topological polar surface area (TPSA) is 19.7 Å². The summed E-state index contributed by atoms with van der Waals surface area (Å²) in [5.74, 6) is 0.677. The van der Waals surface area contributed by atoms with Crippen molar-refractivity contribution in [2.75, 3.05) is 26.4 Å². The molecule has 0 bridgehead atoms. The van der Waals surface area contributed by atoms with Crippen LogP contribution in [0.2, 0.25) is 0 Å². The summed E-state index contributed by atoms with van der Waals surface area (Å²) in [6, 6.07) is 0. The minimum absolute atomic E-state index is 0.677. The molecule has 0 radical (unpaired) electrons. The molecule has 82 valence electrons. The molecule has 0 aromatic heterocycles. The average molecular weight is 216 g/mol. The Balaban J connectivity index is 2.42. The SMILES string of the molecule is CCC[NH+]1CNC(=S)N(CC(C)C)C1. The summed E-state index contributed by atoms with van der Waals surface area (Å²) in [6.07, 6.45) is 1.24. The molecule has 1 unspecified atom stereocenters. The molecule has 0 spiro atoms. The van der Waals surface area contributed by atoms with E-state index in [4.69, 9.17) is 12.2 Å². The van der Waals surface area contributed by atoms with Crippen LogP contribution in [0.1, 0.15) is 27.2 Å². The fourth-order valence-electron chi connectivity index (χ4n) is 1.82. The summed E-state index contributed by atoms with van der Waals surface area (Å²) in [6.45, 7) is 11.0. The quantitative estimate of drug-likeness (QED) is 0.648. The third kappa shape index (κ3) is 3.42. The van der Waals surface area contributed by atoms with Crippen LogP contribution in [0.4, 0.5) is 0 Å². The maximum atomic E-state index is 5.28. The van der Waals surface area contributed by atoms with Gasteiger partial charge in [-0.3, -0.25) is 0 Å². The molecule has 0 saturated carbocycles. The Morgan fingerprint density at radius 1 is 1.57 bits per heavy atom. The minimum atomic E-state index is 0.677.